The summed E-state index contributed by atoms with van der Waals surface area (Å²) in [7, 11) is 0. The van der Waals surface area contributed by atoms with E-state index in [0.29, 0.717) is 0 Å². The highest BCUT2D eigenvalue weighted by Crippen LogP contribution is 2.45. The van der Waals surface area contributed by atoms with Gasteiger partial charge in [0, 0.05) is 11.1 Å². The third-order valence-corrected chi connectivity index (χ3v) is 5.43. The maximum Gasteiger partial charge on any atom is 0.331 e. The topological polar surface area (TPSA) is 34.1 Å². The second-order valence-electron chi connectivity index (χ2n) is 4.55. The van der Waals surface area contributed by atoms with Crippen LogP contribution >= 0.6 is 31.9 Å². The smallest absolute Gasteiger partial charge is 0.292 e. The van der Waals surface area contributed by atoms with Crippen molar-refractivity contribution in [2.45, 2.75) is 9.16 Å². The highest BCUT2D eigenvalue weighted by Gasteiger charge is 2.61. The Hall–Kier alpha value is -1.40. The van der Waals surface area contributed by atoms with Gasteiger partial charge in [-0.25, -0.2) is 0 Å². The highest BCUT2D eigenvalue weighted by atomic mass is 79.9. The average molecular weight is 432 g/mol. The molecule has 0 radical (unpaired) electrons. The maximum absolute atomic E-state index is 14.1. The molecule has 0 atom stereocenters. The summed E-state index contributed by atoms with van der Waals surface area (Å²) in [6, 6.07) is 15.0. The van der Waals surface area contributed by atoms with Gasteiger partial charge in [-0.3, -0.25) is 9.59 Å². The lowest BCUT2D eigenvalue weighted by Gasteiger charge is -2.29. The Morgan fingerprint density at radius 3 is 1.32 bits per heavy atom. The molecule has 6 heteroatoms. The van der Waals surface area contributed by atoms with Gasteiger partial charge >= 0.3 is 4.83 Å². The summed E-state index contributed by atoms with van der Waals surface area (Å²) in [6.07, 6.45) is 0. The van der Waals surface area contributed by atoms with Crippen molar-refractivity contribution in [3.8, 4) is 0 Å². The van der Waals surface area contributed by atoms with Crippen LogP contribution in [0, 0.1) is 0 Å². The number of hydrogen-bond acceptors (Lipinski definition) is 2. The van der Waals surface area contributed by atoms with E-state index in [1.807, 2.05) is 0 Å². The van der Waals surface area contributed by atoms with E-state index in [9.17, 15) is 18.4 Å². The molecule has 114 valence electrons. The van der Waals surface area contributed by atoms with Crippen LogP contribution in [0.15, 0.2) is 60.7 Å². The van der Waals surface area contributed by atoms with Gasteiger partial charge in [-0.15, -0.1) is 0 Å². The molecule has 0 aromatic heterocycles. The quantitative estimate of drug-likeness (QED) is 0.384. The highest BCUT2D eigenvalue weighted by molar-refractivity contribution is 9.13. The van der Waals surface area contributed by atoms with Gasteiger partial charge in [0.05, 0.1) is 0 Å². The van der Waals surface area contributed by atoms with Crippen molar-refractivity contribution in [1.29, 1.82) is 0 Å². The number of benzene rings is 2. The Labute approximate surface area is 142 Å². The minimum absolute atomic E-state index is 0.0165. The fraction of sp³-hybridized carbons (Fsp3) is 0.125. The number of ketones is 2. The molecule has 2 aromatic rings. The molecule has 0 aliphatic carbocycles. The third-order valence-electron chi connectivity index (χ3n) is 3.09. The molecule has 0 spiro atoms. The minimum atomic E-state index is -3.76. The Balaban J connectivity index is 2.55. The molecular weight excluding hydrogens is 422 g/mol. The zero-order chi connectivity index (χ0) is 16.4. The standard InChI is InChI=1S/C16H10Br2F2O2/c17-15(16(18,19)20,13(21)11-7-3-1-4-8-11)14(22)12-9-5-2-6-10-12/h1-10H. The fourth-order valence-corrected chi connectivity index (χ4v) is 2.76. The first-order chi connectivity index (χ1) is 10.3. The lowest BCUT2D eigenvalue weighted by molar-refractivity contribution is 0.0480. The van der Waals surface area contributed by atoms with E-state index >= 15 is 0 Å². The van der Waals surface area contributed by atoms with Gasteiger partial charge in [-0.05, 0) is 15.9 Å². The van der Waals surface area contributed by atoms with E-state index in [-0.39, 0.29) is 11.1 Å². The third kappa shape index (κ3) is 3.03. The Kier molecular flexibility index (Phi) is 4.92. The van der Waals surface area contributed by atoms with Crippen LogP contribution in [0.3, 0.4) is 0 Å². The van der Waals surface area contributed by atoms with Crippen LogP contribution in [-0.2, 0) is 0 Å². The predicted octanol–water partition coefficient (Wildman–Crippen LogP) is 4.87. The summed E-state index contributed by atoms with van der Waals surface area (Å²) in [6.45, 7) is 0. The molecule has 0 saturated carbocycles. The molecule has 0 heterocycles. The van der Waals surface area contributed by atoms with Crippen molar-refractivity contribution in [2.75, 3.05) is 0 Å². The SMILES string of the molecule is O=C(c1ccccc1)C(Br)(C(=O)c1ccccc1)C(F)(F)Br. The van der Waals surface area contributed by atoms with Crippen LogP contribution in [0.5, 0.6) is 0 Å². The average Bonchev–Trinajstić information content (AvgIpc) is 2.53. The van der Waals surface area contributed by atoms with Gasteiger partial charge in [0.25, 0.3) is 0 Å². The summed E-state index contributed by atoms with van der Waals surface area (Å²) < 4.78 is 25.4. The van der Waals surface area contributed by atoms with Gasteiger partial charge < -0.3 is 0 Å². The van der Waals surface area contributed by atoms with Gasteiger partial charge in [0.2, 0.25) is 4.32 Å². The fourth-order valence-electron chi connectivity index (χ4n) is 1.94. The summed E-state index contributed by atoms with van der Waals surface area (Å²) >= 11 is 4.89. The molecule has 2 rings (SSSR count). The van der Waals surface area contributed by atoms with Gasteiger partial charge in [0.15, 0.2) is 11.6 Å². The van der Waals surface area contributed by atoms with Crippen molar-refractivity contribution < 1.29 is 18.4 Å². The number of Topliss-reactive ketones (excluding diaryl/α,β-unsaturated/α-hetero) is 2. The van der Waals surface area contributed by atoms with E-state index in [2.05, 4.69) is 31.9 Å². The summed E-state index contributed by atoms with van der Waals surface area (Å²) in [5, 5.41) is 0. The predicted molar refractivity (Wildman–Crippen MR) is 87.1 cm³/mol. The molecule has 2 aromatic carbocycles. The molecule has 0 bridgehead atoms. The lowest BCUT2D eigenvalue weighted by atomic mass is 9.90. The van der Waals surface area contributed by atoms with Crippen molar-refractivity contribution in [3.63, 3.8) is 0 Å². The summed E-state index contributed by atoms with van der Waals surface area (Å²) in [4.78, 5) is 21.3. The van der Waals surface area contributed by atoms with E-state index in [4.69, 9.17) is 0 Å². The molecule has 0 unspecified atom stereocenters. The Morgan fingerprint density at radius 1 is 0.727 bits per heavy atom. The summed E-state index contributed by atoms with van der Waals surface area (Å²) in [5.74, 6) is -2.02. The Bertz CT molecular complexity index is 631. The molecule has 0 amide bonds. The number of carbonyl (C=O) groups excluding carboxylic acids is 2. The van der Waals surface area contributed by atoms with Crippen LogP contribution in [0.2, 0.25) is 0 Å². The number of carbonyl (C=O) groups is 2. The van der Waals surface area contributed by atoms with Gasteiger partial charge in [0.1, 0.15) is 0 Å². The molecular formula is C16H10Br2F2O2. The van der Waals surface area contributed by atoms with Crippen molar-refractivity contribution >= 4 is 43.4 Å². The molecule has 0 N–H and O–H groups in total. The van der Waals surface area contributed by atoms with E-state index < -0.39 is 20.7 Å². The number of halogens is 4. The first-order valence-electron chi connectivity index (χ1n) is 6.24. The van der Waals surface area contributed by atoms with Crippen LogP contribution in [0.1, 0.15) is 20.7 Å². The number of alkyl halides is 4. The summed E-state index contributed by atoms with van der Waals surface area (Å²) in [5.41, 5.74) is 0.0329. The van der Waals surface area contributed by atoms with Gasteiger partial charge in [-0.1, -0.05) is 76.6 Å². The molecule has 0 aliphatic rings. The zero-order valence-corrected chi connectivity index (χ0v) is 14.3. The zero-order valence-electron chi connectivity index (χ0n) is 11.1. The minimum Gasteiger partial charge on any atom is -0.292 e. The van der Waals surface area contributed by atoms with Crippen LogP contribution < -0.4 is 0 Å². The van der Waals surface area contributed by atoms with Gasteiger partial charge in [-0.2, -0.15) is 8.78 Å². The molecule has 0 aliphatic heterocycles. The second kappa shape index (κ2) is 6.38. The molecule has 0 saturated heterocycles. The van der Waals surface area contributed by atoms with Crippen LogP contribution in [0.4, 0.5) is 8.78 Å². The lowest BCUT2D eigenvalue weighted by Crippen LogP contribution is -2.52. The van der Waals surface area contributed by atoms with E-state index in [1.165, 1.54) is 24.3 Å². The van der Waals surface area contributed by atoms with Crippen LogP contribution in [0.25, 0.3) is 0 Å². The van der Waals surface area contributed by atoms with E-state index in [1.54, 1.807) is 36.4 Å². The largest absolute Gasteiger partial charge is 0.331 e. The maximum atomic E-state index is 14.1. The monoisotopic (exact) mass is 430 g/mol. The van der Waals surface area contributed by atoms with Crippen molar-refractivity contribution in [1.82, 2.24) is 0 Å². The normalized spacial score (nSPS) is 12.0. The first-order valence-corrected chi connectivity index (χ1v) is 7.82. The van der Waals surface area contributed by atoms with Crippen molar-refractivity contribution in [3.05, 3.63) is 71.8 Å². The molecule has 0 fully saturated rings. The van der Waals surface area contributed by atoms with Crippen LogP contribution in [-0.4, -0.2) is 20.7 Å². The van der Waals surface area contributed by atoms with E-state index in [0.717, 1.165) is 0 Å². The number of hydrogen-bond donors (Lipinski definition) is 0. The Morgan fingerprint density at radius 2 is 1.05 bits per heavy atom. The molecule has 2 nitrogen and oxygen atoms in total. The van der Waals surface area contributed by atoms with Crippen molar-refractivity contribution in [2.24, 2.45) is 0 Å². The number of rotatable bonds is 5. The molecule has 22 heavy (non-hydrogen) atoms. The second-order valence-corrected chi connectivity index (χ2v) is 6.73. The first kappa shape index (κ1) is 17.0.